The fraction of sp³-hybridized carbons (Fsp3) is 0.300. The van der Waals surface area contributed by atoms with Gasteiger partial charge in [0.25, 0.3) is 5.69 Å². The zero-order valence-corrected chi connectivity index (χ0v) is 11.9. The third kappa shape index (κ3) is 4.37. The number of rotatable bonds is 7. The second-order valence-electron chi connectivity index (χ2n) is 3.90. The largest absolute Gasteiger partial charge is 0.359 e. The van der Waals surface area contributed by atoms with E-state index in [1.807, 2.05) is 0 Å². The van der Waals surface area contributed by atoms with Gasteiger partial charge in [-0.05, 0) is 12.1 Å². The maximum atomic E-state index is 12.0. The number of anilines is 1. The van der Waals surface area contributed by atoms with Gasteiger partial charge in [-0.2, -0.15) is 0 Å². The molecule has 1 aromatic carbocycles. The van der Waals surface area contributed by atoms with Crippen molar-refractivity contribution in [1.29, 1.82) is 0 Å². The van der Waals surface area contributed by atoms with Gasteiger partial charge < -0.3 is 10.7 Å². The van der Waals surface area contributed by atoms with Crippen LogP contribution in [0.1, 0.15) is 6.42 Å². The van der Waals surface area contributed by atoms with Crippen LogP contribution in [0.2, 0.25) is 0 Å². The zero-order valence-electron chi connectivity index (χ0n) is 11.1. The highest BCUT2D eigenvalue weighted by atomic mass is 32.2. The van der Waals surface area contributed by atoms with E-state index in [0.29, 0.717) is 0 Å². The fourth-order valence-electron chi connectivity index (χ4n) is 1.46. The molecule has 0 aliphatic heterocycles. The van der Waals surface area contributed by atoms with Crippen molar-refractivity contribution < 1.29 is 18.1 Å². The molecule has 0 bridgehead atoms. The van der Waals surface area contributed by atoms with Gasteiger partial charge in [0.1, 0.15) is 5.69 Å². The summed E-state index contributed by atoms with van der Waals surface area (Å²) in [5.74, 6) is 4.78. The first-order valence-electron chi connectivity index (χ1n) is 5.77. The van der Waals surface area contributed by atoms with Gasteiger partial charge >= 0.3 is 0 Å². The van der Waals surface area contributed by atoms with Crippen LogP contribution in [0.15, 0.2) is 23.1 Å². The molecule has 10 nitrogen and oxygen atoms in total. The summed E-state index contributed by atoms with van der Waals surface area (Å²) in [6.45, 7) is -0.118. The first kappa shape index (κ1) is 16.8. The molecule has 1 aromatic rings. The van der Waals surface area contributed by atoms with E-state index in [2.05, 4.69) is 15.5 Å². The van der Waals surface area contributed by atoms with Crippen LogP contribution in [-0.2, 0) is 14.8 Å². The number of hydrazine groups is 1. The molecule has 0 saturated heterocycles. The number of nitro groups is 1. The lowest BCUT2D eigenvalue weighted by molar-refractivity contribution is -0.384. The number of hydrogen-bond donors (Lipinski definition) is 4. The predicted molar refractivity (Wildman–Crippen MR) is 74.8 cm³/mol. The molecule has 0 aliphatic carbocycles. The number of carbonyl (C=O) groups is 1. The van der Waals surface area contributed by atoms with Crippen molar-refractivity contribution in [2.24, 2.45) is 5.84 Å². The summed E-state index contributed by atoms with van der Waals surface area (Å²) in [7, 11) is -2.52. The van der Waals surface area contributed by atoms with E-state index in [4.69, 9.17) is 5.84 Å². The Morgan fingerprint density at radius 1 is 1.43 bits per heavy atom. The summed E-state index contributed by atoms with van der Waals surface area (Å²) in [5.41, 5.74) is 1.64. The Morgan fingerprint density at radius 2 is 2.10 bits per heavy atom. The SMILES string of the molecule is CNC(=O)CCNS(=O)(=O)c1ccc(NN)c([N+](=O)[O-])c1. The van der Waals surface area contributed by atoms with E-state index in [-0.39, 0.29) is 29.5 Å². The number of nitrogens with two attached hydrogens (primary N) is 1. The molecule has 11 heteroatoms. The van der Waals surface area contributed by atoms with Crippen LogP contribution in [0.5, 0.6) is 0 Å². The molecular formula is C10H15N5O5S. The first-order valence-corrected chi connectivity index (χ1v) is 7.25. The van der Waals surface area contributed by atoms with Crippen molar-refractivity contribution in [3.63, 3.8) is 0 Å². The Bertz CT molecular complexity index is 645. The van der Waals surface area contributed by atoms with Crippen molar-refractivity contribution in [3.05, 3.63) is 28.3 Å². The lowest BCUT2D eigenvalue weighted by Crippen LogP contribution is -2.29. The molecule has 0 unspecified atom stereocenters. The number of nitro benzene ring substituents is 1. The Kier molecular flexibility index (Phi) is 5.58. The van der Waals surface area contributed by atoms with Gasteiger partial charge in [-0.15, -0.1) is 0 Å². The van der Waals surface area contributed by atoms with Crippen molar-refractivity contribution in [2.75, 3.05) is 19.0 Å². The number of benzene rings is 1. The Morgan fingerprint density at radius 3 is 2.62 bits per heavy atom. The van der Waals surface area contributed by atoms with Gasteiger partial charge in [0.05, 0.1) is 9.82 Å². The summed E-state index contributed by atoms with van der Waals surface area (Å²) in [4.78, 5) is 20.8. The predicted octanol–water partition coefficient (Wildman–Crippen LogP) is -0.705. The molecule has 116 valence electrons. The van der Waals surface area contributed by atoms with Crippen LogP contribution in [0, 0.1) is 10.1 Å². The minimum Gasteiger partial charge on any atom is -0.359 e. The van der Waals surface area contributed by atoms with Gasteiger partial charge in [-0.25, -0.2) is 13.1 Å². The summed E-state index contributed by atoms with van der Waals surface area (Å²) in [6.07, 6.45) is -0.0414. The molecule has 1 rings (SSSR count). The van der Waals surface area contributed by atoms with Crippen molar-refractivity contribution >= 4 is 27.3 Å². The topological polar surface area (TPSA) is 156 Å². The highest BCUT2D eigenvalue weighted by molar-refractivity contribution is 7.89. The zero-order chi connectivity index (χ0) is 16.0. The lowest BCUT2D eigenvalue weighted by Gasteiger charge is -2.08. The number of hydrogen-bond acceptors (Lipinski definition) is 7. The standard InChI is InChI=1S/C10H15N5O5S/c1-12-10(16)4-5-13-21(19,20)7-2-3-8(14-11)9(6-7)15(17)18/h2-3,6,13-14H,4-5,11H2,1H3,(H,12,16). The molecule has 0 radical (unpaired) electrons. The number of nitrogens with one attached hydrogen (secondary N) is 3. The number of carbonyl (C=O) groups excluding carboxylic acids is 1. The van der Waals surface area contributed by atoms with E-state index < -0.39 is 20.6 Å². The quantitative estimate of drug-likeness (QED) is 0.294. The van der Waals surface area contributed by atoms with Gasteiger partial charge in [0.2, 0.25) is 15.9 Å². The van der Waals surface area contributed by atoms with Crippen molar-refractivity contribution in [2.45, 2.75) is 11.3 Å². The lowest BCUT2D eigenvalue weighted by atomic mass is 10.3. The molecule has 1 amide bonds. The van der Waals surface area contributed by atoms with E-state index in [1.54, 1.807) is 0 Å². The maximum Gasteiger partial charge on any atom is 0.294 e. The third-order valence-corrected chi connectivity index (χ3v) is 4.01. The summed E-state index contributed by atoms with van der Waals surface area (Å²) >= 11 is 0. The molecule has 0 spiro atoms. The fourth-order valence-corrected chi connectivity index (χ4v) is 2.51. The maximum absolute atomic E-state index is 12.0. The first-order chi connectivity index (χ1) is 9.81. The molecular weight excluding hydrogens is 302 g/mol. The minimum absolute atomic E-state index is 0.00990. The third-order valence-electron chi connectivity index (χ3n) is 2.55. The van der Waals surface area contributed by atoms with Gasteiger partial charge in [-0.3, -0.25) is 20.8 Å². The molecule has 5 N–H and O–H groups in total. The smallest absolute Gasteiger partial charge is 0.294 e. The normalized spacial score (nSPS) is 11.0. The molecule has 0 aromatic heterocycles. The summed E-state index contributed by atoms with van der Waals surface area (Å²) < 4.78 is 26.1. The van der Waals surface area contributed by atoms with Crippen LogP contribution < -0.4 is 21.3 Å². The highest BCUT2D eigenvalue weighted by Crippen LogP contribution is 2.26. The number of sulfonamides is 1. The average Bonchev–Trinajstić information content (AvgIpc) is 2.45. The van der Waals surface area contributed by atoms with Crippen LogP contribution in [0.3, 0.4) is 0 Å². The molecule has 0 atom stereocenters. The highest BCUT2D eigenvalue weighted by Gasteiger charge is 2.21. The molecule has 21 heavy (non-hydrogen) atoms. The van der Waals surface area contributed by atoms with Crippen LogP contribution in [0.4, 0.5) is 11.4 Å². The molecule has 0 fully saturated rings. The number of amides is 1. The Labute approximate surface area is 120 Å². The van der Waals surface area contributed by atoms with Crippen molar-refractivity contribution in [1.82, 2.24) is 10.0 Å². The monoisotopic (exact) mass is 317 g/mol. The minimum atomic E-state index is -3.95. The molecule has 0 aliphatic rings. The van der Waals surface area contributed by atoms with E-state index in [1.165, 1.54) is 19.2 Å². The number of nitrogen functional groups attached to an aromatic ring is 1. The van der Waals surface area contributed by atoms with Gasteiger partial charge in [0, 0.05) is 26.1 Å². The van der Waals surface area contributed by atoms with Gasteiger partial charge in [0.15, 0.2) is 0 Å². The van der Waals surface area contributed by atoms with Crippen LogP contribution in [0.25, 0.3) is 0 Å². The molecule has 0 saturated carbocycles. The average molecular weight is 317 g/mol. The molecule has 0 heterocycles. The van der Waals surface area contributed by atoms with E-state index in [9.17, 15) is 23.3 Å². The number of nitrogens with zero attached hydrogens (tertiary/aromatic N) is 1. The Hall–Kier alpha value is -2.24. The van der Waals surface area contributed by atoms with Gasteiger partial charge in [-0.1, -0.05) is 0 Å². The van der Waals surface area contributed by atoms with Crippen molar-refractivity contribution in [3.8, 4) is 0 Å². The Balaban J connectivity index is 2.96. The second-order valence-corrected chi connectivity index (χ2v) is 5.67. The summed E-state index contributed by atoms with van der Waals surface area (Å²) in [5, 5.41) is 13.2. The van der Waals surface area contributed by atoms with Crippen LogP contribution >= 0.6 is 0 Å². The van der Waals surface area contributed by atoms with E-state index >= 15 is 0 Å². The summed E-state index contributed by atoms with van der Waals surface area (Å²) in [6, 6.07) is 3.24. The second kappa shape index (κ2) is 6.97. The van der Waals surface area contributed by atoms with Crippen LogP contribution in [-0.4, -0.2) is 32.8 Å². The van der Waals surface area contributed by atoms with E-state index in [0.717, 1.165) is 6.07 Å².